The fourth-order valence-corrected chi connectivity index (χ4v) is 0. The van der Waals surface area contributed by atoms with Gasteiger partial charge in [0.05, 0.1) is 0 Å². The van der Waals surface area contributed by atoms with E-state index in [4.69, 9.17) is 5.11 Å². The van der Waals surface area contributed by atoms with Gasteiger partial charge in [-0.05, 0) is 6.92 Å². The van der Waals surface area contributed by atoms with Gasteiger partial charge in [0.25, 0.3) is 0 Å². The summed E-state index contributed by atoms with van der Waals surface area (Å²) < 4.78 is 0. The molecule has 0 fully saturated rings. The van der Waals surface area contributed by atoms with E-state index in [0.717, 1.165) is 0 Å². The molecule has 7 heavy (non-hydrogen) atoms. The molecule has 2 nitrogen and oxygen atoms in total. The quantitative estimate of drug-likeness (QED) is 0.527. The van der Waals surface area contributed by atoms with Crippen molar-refractivity contribution in [2.24, 2.45) is 0 Å². The van der Waals surface area contributed by atoms with Crippen LogP contribution in [-0.4, -0.2) is 11.1 Å². The van der Waals surface area contributed by atoms with E-state index in [2.05, 4.69) is 6.58 Å². The molecule has 0 aromatic heterocycles. The van der Waals surface area contributed by atoms with E-state index in [-0.39, 0.29) is 29.5 Å². The van der Waals surface area contributed by atoms with E-state index in [1.807, 2.05) is 0 Å². The number of carboxylic acid groups (broad SMARTS) is 1. The Labute approximate surface area is 59.2 Å². The minimum atomic E-state index is -0.935. The highest BCUT2D eigenvalue weighted by Crippen LogP contribution is 1.81. The van der Waals surface area contributed by atoms with E-state index in [0.29, 0.717) is 0 Å². The zero-order valence-corrected chi connectivity index (χ0v) is 6.30. The molecule has 0 heterocycles. The van der Waals surface area contributed by atoms with Crippen LogP contribution in [0.25, 0.3) is 0 Å². The molecule has 0 aliphatic heterocycles. The molecule has 0 aliphatic rings. The maximum atomic E-state index is 9.60. The lowest BCUT2D eigenvalue weighted by Crippen LogP contribution is -1.92. The molecule has 0 unspecified atom stereocenters. The molecule has 0 aromatic carbocycles. The molecule has 0 saturated carbocycles. The molecule has 3 heteroatoms. The highest BCUT2D eigenvalue weighted by molar-refractivity contribution is 14.0. The molecule has 0 radical (unpaired) electrons. The van der Waals surface area contributed by atoms with Gasteiger partial charge in [-0.1, -0.05) is 6.58 Å². The zero-order valence-electron chi connectivity index (χ0n) is 3.97. The summed E-state index contributed by atoms with van der Waals surface area (Å²) in [5.74, 6) is -0.935. The highest BCUT2D eigenvalue weighted by Gasteiger charge is 1.90. The van der Waals surface area contributed by atoms with Crippen LogP contribution in [0.5, 0.6) is 0 Å². The topological polar surface area (TPSA) is 37.3 Å². The van der Waals surface area contributed by atoms with Crippen LogP contribution < -0.4 is 0 Å². The smallest absolute Gasteiger partial charge is 0.330 e. The zero-order chi connectivity index (χ0) is 5.15. The lowest BCUT2D eigenvalue weighted by Gasteiger charge is -1.79. The molecular formula is C4H7IO2. The van der Waals surface area contributed by atoms with Gasteiger partial charge in [0.2, 0.25) is 0 Å². The van der Waals surface area contributed by atoms with Crippen molar-refractivity contribution in [3.05, 3.63) is 12.2 Å². The first-order chi connectivity index (χ1) is 2.64. The van der Waals surface area contributed by atoms with E-state index >= 15 is 0 Å². The van der Waals surface area contributed by atoms with Crippen LogP contribution in [0.15, 0.2) is 12.2 Å². The molecule has 0 bridgehead atoms. The average Bonchev–Trinajstić information content (AvgIpc) is 1.36. The fourth-order valence-electron chi connectivity index (χ4n) is 0. The number of carboxylic acids is 1. The SMILES string of the molecule is C=C(C)C(=O)O.I. The molecule has 0 atom stereocenters. The molecule has 0 aliphatic carbocycles. The molecule has 1 N–H and O–H groups in total. The molecule has 0 aromatic rings. The molecule has 0 amide bonds. The Kier molecular flexibility index (Phi) is 5.89. The number of hydrogen-bond donors (Lipinski definition) is 1. The van der Waals surface area contributed by atoms with Gasteiger partial charge in [-0.3, -0.25) is 0 Å². The van der Waals surface area contributed by atoms with Crippen LogP contribution in [0.3, 0.4) is 0 Å². The first-order valence-electron chi connectivity index (χ1n) is 1.53. The normalized spacial score (nSPS) is 6.43. The molecule has 0 spiro atoms. The minimum Gasteiger partial charge on any atom is -0.478 e. The van der Waals surface area contributed by atoms with Gasteiger partial charge < -0.3 is 5.11 Å². The van der Waals surface area contributed by atoms with E-state index in [1.165, 1.54) is 6.92 Å². The Hall–Kier alpha value is -0.0600. The molecule has 0 saturated heterocycles. The first-order valence-corrected chi connectivity index (χ1v) is 1.53. The third-order valence-electron chi connectivity index (χ3n) is 0.365. The van der Waals surface area contributed by atoms with E-state index < -0.39 is 5.97 Å². The summed E-state index contributed by atoms with van der Waals surface area (Å²) >= 11 is 0. The maximum Gasteiger partial charge on any atom is 0.330 e. The minimum absolute atomic E-state index is 0. The lowest BCUT2D eigenvalue weighted by atomic mass is 10.4. The Bertz CT molecular complexity index is 75.7. The van der Waals surface area contributed by atoms with Gasteiger partial charge in [0.15, 0.2) is 0 Å². The Morgan fingerprint density at radius 3 is 1.86 bits per heavy atom. The molecule has 42 valence electrons. The van der Waals surface area contributed by atoms with Crippen molar-refractivity contribution in [3.63, 3.8) is 0 Å². The highest BCUT2D eigenvalue weighted by atomic mass is 127. The summed E-state index contributed by atoms with van der Waals surface area (Å²) in [5.41, 5.74) is 0.176. The van der Waals surface area contributed by atoms with E-state index in [1.54, 1.807) is 0 Å². The summed E-state index contributed by atoms with van der Waals surface area (Å²) in [4.78, 5) is 9.60. The summed E-state index contributed by atoms with van der Waals surface area (Å²) in [6.07, 6.45) is 0. The fraction of sp³-hybridized carbons (Fsp3) is 0.250. The molecule has 0 rings (SSSR count). The summed E-state index contributed by atoms with van der Waals surface area (Å²) in [6, 6.07) is 0. The number of halogens is 1. The monoisotopic (exact) mass is 214 g/mol. The van der Waals surface area contributed by atoms with Crippen molar-refractivity contribution >= 4 is 29.9 Å². The number of rotatable bonds is 1. The Balaban J connectivity index is 0. The largest absolute Gasteiger partial charge is 0.478 e. The third kappa shape index (κ3) is 5.94. The predicted octanol–water partition coefficient (Wildman–Crippen LogP) is 1.27. The van der Waals surface area contributed by atoms with Crippen molar-refractivity contribution in [2.45, 2.75) is 6.92 Å². The predicted molar refractivity (Wildman–Crippen MR) is 37.9 cm³/mol. The van der Waals surface area contributed by atoms with E-state index in [9.17, 15) is 4.79 Å². The summed E-state index contributed by atoms with van der Waals surface area (Å²) in [7, 11) is 0. The van der Waals surface area contributed by atoms with Crippen LogP contribution in [0, 0.1) is 0 Å². The van der Waals surface area contributed by atoms with Crippen LogP contribution in [0.1, 0.15) is 6.92 Å². The second-order valence-corrected chi connectivity index (χ2v) is 1.09. The van der Waals surface area contributed by atoms with Gasteiger partial charge in [-0.25, -0.2) is 4.79 Å². The average molecular weight is 214 g/mol. The van der Waals surface area contributed by atoms with Gasteiger partial charge >= 0.3 is 5.97 Å². The summed E-state index contributed by atoms with van der Waals surface area (Å²) in [5, 5.41) is 7.89. The first kappa shape index (κ1) is 10.0. The number of carbonyl (C=O) groups is 1. The summed E-state index contributed by atoms with van der Waals surface area (Å²) in [6.45, 7) is 4.60. The Morgan fingerprint density at radius 2 is 1.86 bits per heavy atom. The van der Waals surface area contributed by atoms with Crippen LogP contribution >= 0.6 is 24.0 Å². The van der Waals surface area contributed by atoms with Crippen molar-refractivity contribution in [1.82, 2.24) is 0 Å². The maximum absolute atomic E-state index is 9.60. The van der Waals surface area contributed by atoms with Gasteiger partial charge in [0, 0.05) is 5.57 Å². The standard InChI is InChI=1S/C4H6O2.HI/c1-3(2)4(5)6;/h1H2,2H3,(H,5,6);1H. The van der Waals surface area contributed by atoms with Crippen LogP contribution in [0.2, 0.25) is 0 Å². The van der Waals surface area contributed by atoms with Crippen molar-refractivity contribution < 1.29 is 9.90 Å². The molecular weight excluding hydrogens is 207 g/mol. The van der Waals surface area contributed by atoms with Crippen LogP contribution in [-0.2, 0) is 4.79 Å². The van der Waals surface area contributed by atoms with Crippen molar-refractivity contribution in [1.29, 1.82) is 0 Å². The van der Waals surface area contributed by atoms with Crippen molar-refractivity contribution in [2.75, 3.05) is 0 Å². The number of hydrogen-bond acceptors (Lipinski definition) is 1. The second-order valence-electron chi connectivity index (χ2n) is 1.09. The van der Waals surface area contributed by atoms with Crippen molar-refractivity contribution in [3.8, 4) is 0 Å². The number of aliphatic carboxylic acids is 1. The van der Waals surface area contributed by atoms with Crippen LogP contribution in [0.4, 0.5) is 0 Å². The Morgan fingerprint density at radius 1 is 1.71 bits per heavy atom. The second kappa shape index (κ2) is 4.11. The third-order valence-corrected chi connectivity index (χ3v) is 0.365. The van der Waals surface area contributed by atoms with Gasteiger partial charge in [-0.15, -0.1) is 24.0 Å². The van der Waals surface area contributed by atoms with Gasteiger partial charge in [0.1, 0.15) is 0 Å². The lowest BCUT2D eigenvalue weighted by molar-refractivity contribution is -0.132. The van der Waals surface area contributed by atoms with Gasteiger partial charge in [-0.2, -0.15) is 0 Å².